The second kappa shape index (κ2) is 8.03. The van der Waals surface area contributed by atoms with Gasteiger partial charge in [0.05, 0.1) is 13.2 Å². The van der Waals surface area contributed by atoms with Gasteiger partial charge in [-0.15, -0.1) is 0 Å². The van der Waals surface area contributed by atoms with Crippen molar-refractivity contribution in [2.75, 3.05) is 13.7 Å². The number of rotatable bonds is 5. The molecule has 1 amide bonds. The molecule has 3 rings (SSSR count). The van der Waals surface area contributed by atoms with E-state index in [2.05, 4.69) is 21.2 Å². The minimum atomic E-state index is -0.375. The van der Waals surface area contributed by atoms with Gasteiger partial charge < -0.3 is 19.5 Å². The number of fused-ring (bicyclic) bond motifs is 1. The zero-order chi connectivity index (χ0) is 20.5. The number of amides is 1. The summed E-state index contributed by atoms with van der Waals surface area (Å²) in [5.74, 6) is 2.01. The minimum absolute atomic E-state index is 0.0440. The fourth-order valence-corrected chi connectivity index (χ4v) is 3.69. The molecule has 0 aromatic heterocycles. The molecule has 0 unspecified atom stereocenters. The first-order valence-corrected chi connectivity index (χ1v) is 10.0. The van der Waals surface area contributed by atoms with Crippen LogP contribution in [0.25, 0.3) is 0 Å². The first kappa shape index (κ1) is 20.5. The molecule has 2 aromatic rings. The smallest absolute Gasteiger partial charge is 0.258 e. The molecule has 0 aliphatic carbocycles. The Bertz CT molecular complexity index is 871. The molecule has 1 aliphatic heterocycles. The van der Waals surface area contributed by atoms with Crippen LogP contribution in [-0.2, 0) is 4.79 Å². The van der Waals surface area contributed by atoms with Gasteiger partial charge in [-0.1, -0.05) is 15.9 Å². The predicted octanol–water partition coefficient (Wildman–Crippen LogP) is 4.87. The SMILES string of the molecule is COc1ccc2c(c1)[C@@H](NC(=O)COc1cc(C)c(Br)c(C)c1)CC(C)(C)O2. The standard InChI is InChI=1S/C22H26BrNO4/c1-13-8-16(9-14(2)21(13)23)27-12-20(25)24-18-11-22(3,4)28-19-7-6-15(26-5)10-17(18)19/h6-10,18H,11-12H2,1-5H3,(H,24,25)/t18-/m0/s1. The zero-order valence-electron chi connectivity index (χ0n) is 16.9. The Morgan fingerprint density at radius 2 is 1.89 bits per heavy atom. The lowest BCUT2D eigenvalue weighted by Crippen LogP contribution is -2.42. The molecule has 1 heterocycles. The Hall–Kier alpha value is -2.21. The lowest BCUT2D eigenvalue weighted by atomic mass is 9.89. The summed E-state index contributed by atoms with van der Waals surface area (Å²) in [6.07, 6.45) is 0.662. The molecule has 6 heteroatoms. The summed E-state index contributed by atoms with van der Waals surface area (Å²) in [6, 6.07) is 9.33. The van der Waals surface area contributed by atoms with Gasteiger partial charge in [0, 0.05) is 16.5 Å². The molecule has 0 spiro atoms. The second-order valence-electron chi connectivity index (χ2n) is 7.75. The number of methoxy groups -OCH3 is 1. The van der Waals surface area contributed by atoms with Gasteiger partial charge in [-0.2, -0.15) is 0 Å². The van der Waals surface area contributed by atoms with E-state index in [9.17, 15) is 4.79 Å². The molecule has 1 N–H and O–H groups in total. The van der Waals surface area contributed by atoms with Crippen LogP contribution < -0.4 is 19.5 Å². The first-order valence-electron chi connectivity index (χ1n) is 9.24. The third kappa shape index (κ3) is 4.61. The minimum Gasteiger partial charge on any atom is -0.497 e. The van der Waals surface area contributed by atoms with E-state index in [-0.39, 0.29) is 24.2 Å². The molecule has 150 valence electrons. The highest BCUT2D eigenvalue weighted by atomic mass is 79.9. The van der Waals surface area contributed by atoms with Crippen LogP contribution in [0.2, 0.25) is 0 Å². The molecule has 0 bridgehead atoms. The van der Waals surface area contributed by atoms with Gasteiger partial charge in [0.15, 0.2) is 6.61 Å². The van der Waals surface area contributed by atoms with Gasteiger partial charge in [0.25, 0.3) is 5.91 Å². The number of carbonyl (C=O) groups is 1. The van der Waals surface area contributed by atoms with E-state index in [0.717, 1.165) is 32.7 Å². The van der Waals surface area contributed by atoms with Crippen LogP contribution in [0.4, 0.5) is 0 Å². The molecular formula is C22H26BrNO4. The summed E-state index contributed by atoms with van der Waals surface area (Å²) in [4.78, 5) is 12.6. The fraction of sp³-hybridized carbons (Fsp3) is 0.409. The molecule has 2 aromatic carbocycles. The molecule has 0 saturated carbocycles. The quantitative estimate of drug-likeness (QED) is 0.709. The second-order valence-corrected chi connectivity index (χ2v) is 8.54. The maximum absolute atomic E-state index is 12.6. The highest BCUT2D eigenvalue weighted by Gasteiger charge is 2.34. The highest BCUT2D eigenvalue weighted by molar-refractivity contribution is 9.10. The third-order valence-electron chi connectivity index (χ3n) is 4.79. The number of nitrogens with one attached hydrogen (secondary N) is 1. The Morgan fingerprint density at radius 1 is 1.21 bits per heavy atom. The molecular weight excluding hydrogens is 422 g/mol. The molecule has 0 radical (unpaired) electrons. The van der Waals surface area contributed by atoms with Crippen molar-refractivity contribution < 1.29 is 19.0 Å². The van der Waals surface area contributed by atoms with E-state index in [1.54, 1.807) is 7.11 Å². The average Bonchev–Trinajstić information content (AvgIpc) is 2.63. The summed E-state index contributed by atoms with van der Waals surface area (Å²) >= 11 is 3.54. The number of aryl methyl sites for hydroxylation is 2. The Labute approximate surface area is 174 Å². The van der Waals surface area contributed by atoms with Crippen molar-refractivity contribution in [3.05, 3.63) is 51.5 Å². The Kier molecular flexibility index (Phi) is 5.89. The molecule has 1 aliphatic rings. The van der Waals surface area contributed by atoms with Crippen molar-refractivity contribution in [2.45, 2.75) is 45.8 Å². The largest absolute Gasteiger partial charge is 0.497 e. The van der Waals surface area contributed by atoms with Gasteiger partial charge in [-0.05, 0) is 69.2 Å². The number of halogens is 1. The van der Waals surface area contributed by atoms with Crippen molar-refractivity contribution in [1.82, 2.24) is 5.32 Å². The molecule has 0 saturated heterocycles. The number of carbonyl (C=O) groups excluding carboxylic acids is 1. The summed E-state index contributed by atoms with van der Waals surface area (Å²) in [6.45, 7) is 7.99. The van der Waals surface area contributed by atoms with Crippen LogP contribution in [-0.4, -0.2) is 25.2 Å². The molecule has 28 heavy (non-hydrogen) atoms. The van der Waals surface area contributed by atoms with E-state index in [1.807, 2.05) is 58.0 Å². The van der Waals surface area contributed by atoms with Crippen LogP contribution in [0.5, 0.6) is 17.2 Å². The monoisotopic (exact) mass is 447 g/mol. The van der Waals surface area contributed by atoms with Crippen molar-refractivity contribution in [2.24, 2.45) is 0 Å². The van der Waals surface area contributed by atoms with Crippen LogP contribution in [0.3, 0.4) is 0 Å². The Balaban J connectivity index is 1.71. The Morgan fingerprint density at radius 3 is 2.54 bits per heavy atom. The topological polar surface area (TPSA) is 56.8 Å². The summed E-state index contributed by atoms with van der Waals surface area (Å²) in [5.41, 5.74) is 2.69. The molecule has 0 fully saturated rings. The van der Waals surface area contributed by atoms with Crippen molar-refractivity contribution in [3.63, 3.8) is 0 Å². The number of hydrogen-bond donors (Lipinski definition) is 1. The number of hydrogen-bond acceptors (Lipinski definition) is 4. The average molecular weight is 448 g/mol. The van der Waals surface area contributed by atoms with Crippen LogP contribution >= 0.6 is 15.9 Å². The van der Waals surface area contributed by atoms with Crippen molar-refractivity contribution in [3.8, 4) is 17.2 Å². The zero-order valence-corrected chi connectivity index (χ0v) is 18.5. The van der Waals surface area contributed by atoms with E-state index < -0.39 is 0 Å². The lowest BCUT2D eigenvalue weighted by molar-refractivity contribution is -0.124. The number of benzene rings is 2. The van der Waals surface area contributed by atoms with Crippen LogP contribution in [0.1, 0.15) is 43.0 Å². The van der Waals surface area contributed by atoms with E-state index in [0.29, 0.717) is 12.2 Å². The maximum atomic E-state index is 12.6. The van der Waals surface area contributed by atoms with Gasteiger partial charge in [0.2, 0.25) is 0 Å². The van der Waals surface area contributed by atoms with Gasteiger partial charge >= 0.3 is 0 Å². The van der Waals surface area contributed by atoms with Crippen molar-refractivity contribution >= 4 is 21.8 Å². The van der Waals surface area contributed by atoms with Crippen molar-refractivity contribution in [1.29, 1.82) is 0 Å². The first-order chi connectivity index (χ1) is 13.2. The number of ether oxygens (including phenoxy) is 3. The van der Waals surface area contributed by atoms with E-state index in [1.165, 1.54) is 0 Å². The normalized spacial score (nSPS) is 17.3. The van der Waals surface area contributed by atoms with Gasteiger partial charge in [0.1, 0.15) is 22.8 Å². The molecule has 5 nitrogen and oxygen atoms in total. The van der Waals surface area contributed by atoms with E-state index in [4.69, 9.17) is 14.2 Å². The van der Waals surface area contributed by atoms with Gasteiger partial charge in [-0.3, -0.25) is 4.79 Å². The summed E-state index contributed by atoms with van der Waals surface area (Å²) in [7, 11) is 1.62. The summed E-state index contributed by atoms with van der Waals surface area (Å²) < 4.78 is 18.2. The van der Waals surface area contributed by atoms with Crippen LogP contribution in [0, 0.1) is 13.8 Å². The summed E-state index contributed by atoms with van der Waals surface area (Å²) in [5, 5.41) is 3.08. The maximum Gasteiger partial charge on any atom is 0.258 e. The van der Waals surface area contributed by atoms with E-state index >= 15 is 0 Å². The lowest BCUT2D eigenvalue weighted by Gasteiger charge is -2.38. The molecule has 1 atom stereocenters. The van der Waals surface area contributed by atoms with Gasteiger partial charge in [-0.25, -0.2) is 0 Å². The highest BCUT2D eigenvalue weighted by Crippen LogP contribution is 2.41. The third-order valence-corrected chi connectivity index (χ3v) is 6.04. The fourth-order valence-electron chi connectivity index (χ4n) is 3.46. The predicted molar refractivity (Wildman–Crippen MR) is 112 cm³/mol. The van der Waals surface area contributed by atoms with Crippen LogP contribution in [0.15, 0.2) is 34.8 Å².